The molecule has 1 amide bonds. The zero-order valence-corrected chi connectivity index (χ0v) is 15.3. The Kier molecular flexibility index (Phi) is 4.99. The molecule has 2 heterocycles. The first-order chi connectivity index (χ1) is 12.0. The van der Waals surface area contributed by atoms with Crippen molar-refractivity contribution in [1.29, 1.82) is 0 Å². The molecule has 2 aromatic heterocycles. The Balaban J connectivity index is 1.82. The van der Waals surface area contributed by atoms with Gasteiger partial charge in [0.1, 0.15) is 6.54 Å². The van der Waals surface area contributed by atoms with Gasteiger partial charge < -0.3 is 5.32 Å². The fourth-order valence-electron chi connectivity index (χ4n) is 2.86. The van der Waals surface area contributed by atoms with Gasteiger partial charge in [0.15, 0.2) is 0 Å². The Morgan fingerprint density at radius 2 is 2.08 bits per heavy atom. The van der Waals surface area contributed by atoms with Gasteiger partial charge in [0.2, 0.25) is 5.91 Å². The van der Waals surface area contributed by atoms with E-state index in [-0.39, 0.29) is 30.0 Å². The van der Waals surface area contributed by atoms with E-state index >= 15 is 0 Å². The second-order valence-corrected chi connectivity index (χ2v) is 7.43. The zero-order chi connectivity index (χ0) is 18.0. The molecule has 1 atom stereocenters. The van der Waals surface area contributed by atoms with Crippen LogP contribution >= 0.6 is 11.3 Å². The highest BCUT2D eigenvalue weighted by atomic mass is 32.1. The normalized spacial score (nSPS) is 12.5. The standard InChI is InChI=1S/C19H21N3O2S/c1-12(2)17(15-8-5-9-25-15)21-16(23)10-22-11-20-18-13(3)6-4-7-14(18)19(22)24/h4-9,11-12,17H,10H2,1-3H3,(H,21,23). The summed E-state index contributed by atoms with van der Waals surface area (Å²) >= 11 is 1.62. The molecule has 0 spiro atoms. The molecule has 0 bridgehead atoms. The molecule has 0 saturated heterocycles. The molecule has 1 aromatic carbocycles. The minimum absolute atomic E-state index is 0.0374. The number of hydrogen-bond donors (Lipinski definition) is 1. The second kappa shape index (κ2) is 7.19. The number of thiophene rings is 1. The van der Waals surface area contributed by atoms with E-state index < -0.39 is 0 Å². The molecular formula is C19H21N3O2S. The van der Waals surface area contributed by atoms with Crippen molar-refractivity contribution in [2.75, 3.05) is 0 Å². The van der Waals surface area contributed by atoms with E-state index in [1.54, 1.807) is 17.4 Å². The van der Waals surface area contributed by atoms with Crippen molar-refractivity contribution in [2.45, 2.75) is 33.4 Å². The van der Waals surface area contributed by atoms with Crippen LogP contribution < -0.4 is 10.9 Å². The number of aryl methyl sites for hydroxylation is 1. The van der Waals surface area contributed by atoms with Gasteiger partial charge in [-0.2, -0.15) is 0 Å². The van der Waals surface area contributed by atoms with Gasteiger partial charge in [-0.25, -0.2) is 4.98 Å². The summed E-state index contributed by atoms with van der Waals surface area (Å²) in [7, 11) is 0. The Morgan fingerprint density at radius 3 is 2.76 bits per heavy atom. The molecule has 0 saturated carbocycles. The smallest absolute Gasteiger partial charge is 0.261 e. The van der Waals surface area contributed by atoms with Gasteiger partial charge in [0.25, 0.3) is 5.56 Å². The number of nitrogens with one attached hydrogen (secondary N) is 1. The number of fused-ring (bicyclic) bond motifs is 1. The number of hydrogen-bond acceptors (Lipinski definition) is 4. The van der Waals surface area contributed by atoms with E-state index in [4.69, 9.17) is 0 Å². The average molecular weight is 355 g/mol. The molecule has 0 fully saturated rings. The number of rotatable bonds is 5. The van der Waals surface area contributed by atoms with Gasteiger partial charge in [-0.1, -0.05) is 32.0 Å². The number of amides is 1. The van der Waals surface area contributed by atoms with Crippen LogP contribution in [-0.2, 0) is 11.3 Å². The largest absolute Gasteiger partial charge is 0.347 e. The molecule has 1 N–H and O–H groups in total. The molecule has 0 aliphatic carbocycles. The highest BCUT2D eigenvalue weighted by Gasteiger charge is 2.19. The van der Waals surface area contributed by atoms with Gasteiger partial charge in [-0.15, -0.1) is 11.3 Å². The van der Waals surface area contributed by atoms with Crippen molar-refractivity contribution >= 4 is 28.1 Å². The maximum Gasteiger partial charge on any atom is 0.261 e. The highest BCUT2D eigenvalue weighted by molar-refractivity contribution is 7.10. The first-order valence-electron chi connectivity index (χ1n) is 8.25. The summed E-state index contributed by atoms with van der Waals surface area (Å²) in [6.45, 7) is 6.01. The maximum absolute atomic E-state index is 12.6. The fourth-order valence-corrected chi connectivity index (χ4v) is 3.81. The predicted molar refractivity (Wildman–Crippen MR) is 101 cm³/mol. The number of aromatic nitrogens is 2. The van der Waals surface area contributed by atoms with Gasteiger partial charge in [-0.3, -0.25) is 14.2 Å². The molecule has 6 heteroatoms. The van der Waals surface area contributed by atoms with Crippen LogP contribution in [0, 0.1) is 12.8 Å². The average Bonchev–Trinajstić information content (AvgIpc) is 3.10. The lowest BCUT2D eigenvalue weighted by atomic mass is 10.0. The van der Waals surface area contributed by atoms with E-state index in [0.29, 0.717) is 10.9 Å². The molecule has 5 nitrogen and oxygen atoms in total. The number of benzene rings is 1. The van der Waals surface area contributed by atoms with Crippen LogP contribution in [0.3, 0.4) is 0 Å². The molecule has 1 unspecified atom stereocenters. The maximum atomic E-state index is 12.6. The third-order valence-corrected chi connectivity index (χ3v) is 5.16. The zero-order valence-electron chi connectivity index (χ0n) is 14.5. The van der Waals surface area contributed by atoms with Crippen LogP contribution in [0.25, 0.3) is 10.9 Å². The van der Waals surface area contributed by atoms with Crippen LogP contribution in [0.15, 0.2) is 46.8 Å². The van der Waals surface area contributed by atoms with Crippen molar-refractivity contribution in [3.8, 4) is 0 Å². The Labute approximate surface area is 150 Å². The Bertz CT molecular complexity index is 945. The minimum atomic E-state index is -0.193. The summed E-state index contributed by atoms with van der Waals surface area (Å²) < 4.78 is 1.36. The molecule has 0 radical (unpaired) electrons. The summed E-state index contributed by atoms with van der Waals surface area (Å²) in [5.74, 6) is 0.0692. The van der Waals surface area contributed by atoms with Crippen LogP contribution in [-0.4, -0.2) is 15.5 Å². The van der Waals surface area contributed by atoms with Gasteiger partial charge in [0.05, 0.1) is 23.3 Å². The molecule has 25 heavy (non-hydrogen) atoms. The summed E-state index contributed by atoms with van der Waals surface area (Å²) in [5, 5.41) is 5.57. The highest BCUT2D eigenvalue weighted by Crippen LogP contribution is 2.25. The lowest BCUT2D eigenvalue weighted by molar-refractivity contribution is -0.122. The first kappa shape index (κ1) is 17.4. The summed E-state index contributed by atoms with van der Waals surface area (Å²) in [6, 6.07) is 9.42. The van der Waals surface area contributed by atoms with E-state index in [0.717, 1.165) is 10.4 Å². The lowest BCUT2D eigenvalue weighted by Crippen LogP contribution is -2.36. The molecule has 3 rings (SSSR count). The van der Waals surface area contributed by atoms with E-state index in [1.165, 1.54) is 10.9 Å². The van der Waals surface area contributed by atoms with Crippen LogP contribution in [0.4, 0.5) is 0 Å². The minimum Gasteiger partial charge on any atom is -0.347 e. The Hall–Kier alpha value is -2.47. The molecule has 0 aliphatic heterocycles. The molecule has 0 aliphatic rings. The fraction of sp³-hybridized carbons (Fsp3) is 0.316. The number of carbonyl (C=O) groups excluding carboxylic acids is 1. The van der Waals surface area contributed by atoms with Crippen LogP contribution in [0.5, 0.6) is 0 Å². The quantitative estimate of drug-likeness (QED) is 0.764. The molecular weight excluding hydrogens is 334 g/mol. The monoisotopic (exact) mass is 355 g/mol. The topological polar surface area (TPSA) is 64.0 Å². The van der Waals surface area contributed by atoms with Crippen LogP contribution in [0.2, 0.25) is 0 Å². The lowest BCUT2D eigenvalue weighted by Gasteiger charge is -2.21. The van der Waals surface area contributed by atoms with E-state index in [9.17, 15) is 9.59 Å². The van der Waals surface area contributed by atoms with Crippen molar-refractivity contribution in [3.63, 3.8) is 0 Å². The SMILES string of the molecule is Cc1cccc2c(=O)n(CC(=O)NC(c3cccs3)C(C)C)cnc12. The Morgan fingerprint density at radius 1 is 1.28 bits per heavy atom. The third kappa shape index (κ3) is 3.64. The van der Waals surface area contributed by atoms with Gasteiger partial charge >= 0.3 is 0 Å². The van der Waals surface area contributed by atoms with E-state index in [2.05, 4.69) is 24.1 Å². The second-order valence-electron chi connectivity index (χ2n) is 6.45. The number of nitrogens with zero attached hydrogens (tertiary/aromatic N) is 2. The third-order valence-electron chi connectivity index (χ3n) is 4.20. The van der Waals surface area contributed by atoms with Crippen molar-refractivity contribution in [1.82, 2.24) is 14.9 Å². The van der Waals surface area contributed by atoms with Gasteiger partial charge in [-0.05, 0) is 35.9 Å². The number of carbonyl (C=O) groups is 1. The summed E-state index contributed by atoms with van der Waals surface area (Å²) in [6.07, 6.45) is 1.45. The summed E-state index contributed by atoms with van der Waals surface area (Å²) in [4.78, 5) is 30.6. The number of para-hydroxylation sites is 1. The van der Waals surface area contributed by atoms with Crippen molar-refractivity contribution in [3.05, 3.63) is 62.8 Å². The summed E-state index contributed by atoms with van der Waals surface area (Å²) in [5.41, 5.74) is 1.44. The molecule has 3 aromatic rings. The van der Waals surface area contributed by atoms with Crippen molar-refractivity contribution < 1.29 is 4.79 Å². The molecule has 130 valence electrons. The predicted octanol–water partition coefficient (Wildman–Crippen LogP) is 3.28. The first-order valence-corrected chi connectivity index (χ1v) is 9.13. The van der Waals surface area contributed by atoms with Gasteiger partial charge in [0, 0.05) is 4.88 Å². The van der Waals surface area contributed by atoms with Crippen molar-refractivity contribution in [2.24, 2.45) is 5.92 Å². The van der Waals surface area contributed by atoms with E-state index in [1.807, 2.05) is 36.6 Å². The van der Waals surface area contributed by atoms with Crippen LogP contribution in [0.1, 0.15) is 30.3 Å².